The number of rotatable bonds is 5. The number of alkyl halides is 3. The summed E-state index contributed by atoms with van der Waals surface area (Å²) >= 11 is 6.17. The van der Waals surface area contributed by atoms with E-state index in [2.05, 4.69) is 0 Å². The maximum atomic E-state index is 13.1. The fourth-order valence-electron chi connectivity index (χ4n) is 2.71. The lowest BCUT2D eigenvalue weighted by atomic mass is 10.0. The summed E-state index contributed by atoms with van der Waals surface area (Å²) in [5.74, 6) is -0.905. The molecule has 0 aromatic heterocycles. The van der Waals surface area contributed by atoms with Crippen LogP contribution in [0, 0.1) is 27.3 Å². The molecular formula is C22H11ClF4N2O3. The average Bonchev–Trinajstić information content (AvgIpc) is 2.74. The predicted octanol–water partition coefficient (Wildman–Crippen LogP) is 7.26. The van der Waals surface area contributed by atoms with Crippen LogP contribution in [-0.4, -0.2) is 4.92 Å². The van der Waals surface area contributed by atoms with Crippen LogP contribution >= 0.6 is 11.6 Å². The van der Waals surface area contributed by atoms with Crippen molar-refractivity contribution in [2.24, 2.45) is 0 Å². The van der Waals surface area contributed by atoms with Gasteiger partial charge in [0.1, 0.15) is 11.6 Å². The van der Waals surface area contributed by atoms with Crippen LogP contribution in [0.1, 0.15) is 16.7 Å². The summed E-state index contributed by atoms with van der Waals surface area (Å²) in [6.07, 6.45) is -3.26. The molecule has 0 unspecified atom stereocenters. The Labute approximate surface area is 183 Å². The number of nitrogens with zero attached hydrogens (tertiary/aromatic N) is 2. The van der Waals surface area contributed by atoms with Crippen LogP contribution in [-0.2, 0) is 6.18 Å². The number of allylic oxidation sites excluding steroid dienone is 1. The summed E-state index contributed by atoms with van der Waals surface area (Å²) in [6.45, 7) is 0. The summed E-state index contributed by atoms with van der Waals surface area (Å²) in [6, 6.07) is 13.4. The predicted molar refractivity (Wildman–Crippen MR) is 110 cm³/mol. The number of nitriles is 1. The summed E-state index contributed by atoms with van der Waals surface area (Å²) in [5.41, 5.74) is -0.875. The Morgan fingerprint density at radius 2 is 1.72 bits per heavy atom. The number of nitro groups is 1. The first-order valence-electron chi connectivity index (χ1n) is 8.79. The van der Waals surface area contributed by atoms with Crippen LogP contribution in [0.2, 0.25) is 5.02 Å². The Hall–Kier alpha value is -3.90. The minimum atomic E-state index is -4.75. The molecule has 0 bridgehead atoms. The molecule has 10 heteroatoms. The van der Waals surface area contributed by atoms with E-state index in [9.17, 15) is 32.9 Å². The van der Waals surface area contributed by atoms with Crippen molar-refractivity contribution in [2.45, 2.75) is 6.18 Å². The van der Waals surface area contributed by atoms with Crippen LogP contribution < -0.4 is 4.74 Å². The van der Waals surface area contributed by atoms with Crippen LogP contribution in [0.4, 0.5) is 23.2 Å². The van der Waals surface area contributed by atoms with E-state index in [-0.39, 0.29) is 16.3 Å². The lowest BCUT2D eigenvalue weighted by Gasteiger charge is -2.11. The zero-order valence-corrected chi connectivity index (χ0v) is 16.6. The van der Waals surface area contributed by atoms with Crippen molar-refractivity contribution in [1.82, 2.24) is 0 Å². The molecule has 32 heavy (non-hydrogen) atoms. The molecule has 0 N–H and O–H groups in total. The average molecular weight is 463 g/mol. The molecule has 162 valence electrons. The topological polar surface area (TPSA) is 76.2 Å². The molecule has 0 heterocycles. The van der Waals surface area contributed by atoms with Gasteiger partial charge in [-0.05, 0) is 53.6 Å². The van der Waals surface area contributed by atoms with Crippen molar-refractivity contribution < 1.29 is 27.2 Å². The zero-order valence-electron chi connectivity index (χ0n) is 15.9. The first-order valence-corrected chi connectivity index (χ1v) is 9.17. The third-order valence-electron chi connectivity index (χ3n) is 4.25. The van der Waals surface area contributed by atoms with E-state index in [1.54, 1.807) is 0 Å². The second kappa shape index (κ2) is 9.08. The minimum Gasteiger partial charge on any atom is -0.449 e. The quantitative estimate of drug-likeness (QED) is 0.131. The van der Waals surface area contributed by atoms with Crippen LogP contribution in [0.5, 0.6) is 11.5 Å². The van der Waals surface area contributed by atoms with Gasteiger partial charge < -0.3 is 4.74 Å². The summed E-state index contributed by atoms with van der Waals surface area (Å²) in [4.78, 5) is 10.2. The summed E-state index contributed by atoms with van der Waals surface area (Å²) in [7, 11) is 0. The smallest absolute Gasteiger partial charge is 0.416 e. The minimum absolute atomic E-state index is 0.00402. The number of nitro benzene ring substituents is 1. The van der Waals surface area contributed by atoms with Crippen LogP contribution in [0.15, 0.2) is 60.7 Å². The highest BCUT2D eigenvalue weighted by molar-refractivity contribution is 6.32. The van der Waals surface area contributed by atoms with Gasteiger partial charge in [0.25, 0.3) is 0 Å². The highest BCUT2D eigenvalue weighted by atomic mass is 35.5. The standard InChI is InChI=1S/C22H11ClF4N2O3/c23-18-10-13(9-15(12-28)14-2-5-17(24)6-3-14)1-7-20(18)32-21-8-4-16(22(25,26)27)11-19(21)29(30)31/h1-11H/b15-9-. The van der Waals surface area contributed by atoms with Gasteiger partial charge in [0.05, 0.1) is 27.2 Å². The first kappa shape index (κ1) is 22.8. The van der Waals surface area contributed by atoms with Gasteiger partial charge in [-0.2, -0.15) is 18.4 Å². The molecular weight excluding hydrogens is 452 g/mol. The number of hydrogen-bond donors (Lipinski definition) is 0. The number of halogens is 5. The fraction of sp³-hybridized carbons (Fsp3) is 0.0455. The molecule has 0 fully saturated rings. The maximum absolute atomic E-state index is 13.1. The Kier molecular flexibility index (Phi) is 6.46. The molecule has 0 aliphatic heterocycles. The third-order valence-corrected chi connectivity index (χ3v) is 4.54. The van der Waals surface area contributed by atoms with E-state index >= 15 is 0 Å². The van der Waals surface area contributed by atoms with Crippen LogP contribution in [0.25, 0.3) is 11.6 Å². The van der Waals surface area contributed by atoms with Crippen molar-refractivity contribution in [3.8, 4) is 17.6 Å². The molecule has 3 aromatic carbocycles. The van der Waals surface area contributed by atoms with Gasteiger partial charge in [0, 0.05) is 6.07 Å². The third kappa shape index (κ3) is 5.22. The van der Waals surface area contributed by atoms with E-state index in [0.717, 1.165) is 6.07 Å². The SMILES string of the molecule is N#C/C(=C/c1ccc(Oc2ccc(C(F)(F)F)cc2[N+](=O)[O-])c(Cl)c1)c1ccc(F)cc1. The molecule has 0 saturated carbocycles. The fourth-order valence-corrected chi connectivity index (χ4v) is 2.93. The lowest BCUT2D eigenvalue weighted by Crippen LogP contribution is -2.06. The van der Waals surface area contributed by atoms with Crippen molar-refractivity contribution in [3.63, 3.8) is 0 Å². The summed E-state index contributed by atoms with van der Waals surface area (Å²) < 4.78 is 57.0. The second-order valence-corrected chi connectivity index (χ2v) is 6.81. The van der Waals surface area contributed by atoms with Crippen molar-refractivity contribution in [2.75, 3.05) is 0 Å². The van der Waals surface area contributed by atoms with Gasteiger partial charge in [0.15, 0.2) is 0 Å². The maximum Gasteiger partial charge on any atom is 0.416 e. The number of ether oxygens (including phenoxy) is 1. The zero-order chi connectivity index (χ0) is 23.5. The van der Waals surface area contributed by atoms with Crippen molar-refractivity contribution in [3.05, 3.63) is 98.3 Å². The Bertz CT molecular complexity index is 1250. The van der Waals surface area contributed by atoms with Gasteiger partial charge in [0.2, 0.25) is 5.75 Å². The molecule has 0 radical (unpaired) electrons. The Morgan fingerprint density at radius 3 is 2.28 bits per heavy atom. The van der Waals surface area contributed by atoms with Gasteiger partial charge in [-0.1, -0.05) is 29.8 Å². The van der Waals surface area contributed by atoms with Gasteiger partial charge in [-0.25, -0.2) is 4.39 Å². The normalized spacial score (nSPS) is 11.7. The van der Waals surface area contributed by atoms with E-state index in [0.29, 0.717) is 23.3 Å². The molecule has 0 spiro atoms. The Morgan fingerprint density at radius 1 is 1.06 bits per heavy atom. The molecule has 0 amide bonds. The number of benzene rings is 3. The van der Waals surface area contributed by atoms with Gasteiger partial charge in [-0.3, -0.25) is 10.1 Å². The van der Waals surface area contributed by atoms with E-state index in [1.807, 2.05) is 6.07 Å². The molecule has 0 saturated heterocycles. The van der Waals surface area contributed by atoms with Gasteiger partial charge in [-0.15, -0.1) is 0 Å². The number of hydrogen-bond acceptors (Lipinski definition) is 4. The van der Waals surface area contributed by atoms with E-state index in [4.69, 9.17) is 16.3 Å². The molecule has 3 aromatic rings. The van der Waals surface area contributed by atoms with Crippen molar-refractivity contribution in [1.29, 1.82) is 5.26 Å². The van der Waals surface area contributed by atoms with Crippen molar-refractivity contribution >= 4 is 28.9 Å². The summed E-state index contributed by atoms with van der Waals surface area (Å²) in [5, 5.41) is 20.6. The second-order valence-electron chi connectivity index (χ2n) is 6.41. The highest BCUT2D eigenvalue weighted by Crippen LogP contribution is 2.39. The van der Waals surface area contributed by atoms with Gasteiger partial charge >= 0.3 is 11.9 Å². The largest absolute Gasteiger partial charge is 0.449 e. The first-order chi connectivity index (χ1) is 15.1. The van der Waals surface area contributed by atoms with E-state index in [1.165, 1.54) is 48.5 Å². The molecule has 5 nitrogen and oxygen atoms in total. The van der Waals surface area contributed by atoms with E-state index < -0.39 is 33.9 Å². The highest BCUT2D eigenvalue weighted by Gasteiger charge is 2.33. The lowest BCUT2D eigenvalue weighted by molar-refractivity contribution is -0.385. The Balaban J connectivity index is 1.91. The molecule has 0 aliphatic carbocycles. The molecule has 3 rings (SSSR count). The molecule has 0 aliphatic rings. The molecule has 0 atom stereocenters. The van der Waals surface area contributed by atoms with Crippen LogP contribution in [0.3, 0.4) is 0 Å². The monoisotopic (exact) mass is 462 g/mol.